The van der Waals surface area contributed by atoms with E-state index in [9.17, 15) is 4.79 Å². The molecule has 6 heteroatoms. The summed E-state index contributed by atoms with van der Waals surface area (Å²) in [4.78, 5) is 19.4. The maximum Gasteiger partial charge on any atom is 0.255 e. The van der Waals surface area contributed by atoms with Crippen LogP contribution in [-0.4, -0.2) is 64.7 Å². The number of amides is 1. The number of hydrogen-bond donors (Lipinski definition) is 1. The van der Waals surface area contributed by atoms with Crippen molar-refractivity contribution in [1.29, 1.82) is 0 Å². The van der Waals surface area contributed by atoms with E-state index < -0.39 is 0 Å². The average Bonchev–Trinajstić information content (AvgIpc) is 2.76. The molecule has 2 aromatic rings. The molecule has 0 saturated carbocycles. The Morgan fingerprint density at radius 1 is 1.10 bits per heavy atom. The van der Waals surface area contributed by atoms with Crippen LogP contribution in [0.25, 0.3) is 0 Å². The highest BCUT2D eigenvalue weighted by Crippen LogP contribution is 2.35. The number of nitrogens with one attached hydrogen (secondary N) is 1. The number of aryl methyl sites for hydroxylation is 1. The van der Waals surface area contributed by atoms with Crippen LogP contribution in [0.4, 0.5) is 17.1 Å². The van der Waals surface area contributed by atoms with Crippen molar-refractivity contribution in [1.82, 2.24) is 4.90 Å². The van der Waals surface area contributed by atoms with Gasteiger partial charge in [0.25, 0.3) is 5.91 Å². The lowest BCUT2D eigenvalue weighted by Gasteiger charge is -2.39. The van der Waals surface area contributed by atoms with Gasteiger partial charge in [-0.15, -0.1) is 0 Å². The van der Waals surface area contributed by atoms with Gasteiger partial charge in [-0.25, -0.2) is 0 Å². The van der Waals surface area contributed by atoms with Gasteiger partial charge in [-0.05, 0) is 43.2 Å². The molecule has 1 heterocycles. The van der Waals surface area contributed by atoms with E-state index in [2.05, 4.69) is 34.2 Å². The van der Waals surface area contributed by atoms with Gasteiger partial charge in [0.1, 0.15) is 5.75 Å². The highest BCUT2D eigenvalue weighted by atomic mass is 16.5. The van der Waals surface area contributed by atoms with E-state index in [1.807, 2.05) is 45.3 Å². The lowest BCUT2D eigenvalue weighted by atomic mass is 10.0. The maximum absolute atomic E-state index is 13.0. The van der Waals surface area contributed by atoms with E-state index >= 15 is 0 Å². The number of nitrogens with zero attached hydrogens (tertiary/aromatic N) is 3. The molecular weight excluding hydrogens is 376 g/mol. The molecule has 30 heavy (non-hydrogen) atoms. The number of para-hydroxylation sites is 2. The number of carbonyl (C=O) groups is 1. The minimum Gasteiger partial charge on any atom is -0.495 e. The first-order valence-corrected chi connectivity index (χ1v) is 10.7. The molecule has 0 bridgehead atoms. The molecule has 0 radical (unpaired) electrons. The molecule has 162 valence electrons. The number of rotatable bonds is 7. The molecule has 1 N–H and O–H groups in total. The number of hydrogen-bond acceptors (Lipinski definition) is 5. The van der Waals surface area contributed by atoms with Gasteiger partial charge in [0.05, 0.1) is 29.7 Å². The highest BCUT2D eigenvalue weighted by molar-refractivity contribution is 6.03. The zero-order valence-electron chi connectivity index (χ0n) is 18.9. The summed E-state index contributed by atoms with van der Waals surface area (Å²) in [6.45, 7) is 8.51. The van der Waals surface area contributed by atoms with Gasteiger partial charge in [-0.1, -0.05) is 19.1 Å². The molecule has 0 spiro atoms. The molecule has 1 amide bonds. The zero-order valence-corrected chi connectivity index (χ0v) is 18.9. The van der Waals surface area contributed by atoms with Gasteiger partial charge in [-0.2, -0.15) is 0 Å². The van der Waals surface area contributed by atoms with Crippen molar-refractivity contribution >= 4 is 23.0 Å². The van der Waals surface area contributed by atoms with Crippen molar-refractivity contribution in [3.05, 3.63) is 47.5 Å². The normalized spacial score (nSPS) is 13.9. The Balaban J connectivity index is 1.90. The Morgan fingerprint density at radius 3 is 2.40 bits per heavy atom. The smallest absolute Gasteiger partial charge is 0.255 e. The van der Waals surface area contributed by atoms with E-state index in [0.29, 0.717) is 0 Å². The largest absolute Gasteiger partial charge is 0.495 e. The zero-order chi connectivity index (χ0) is 21.7. The van der Waals surface area contributed by atoms with Gasteiger partial charge in [-0.3, -0.25) is 4.79 Å². The van der Waals surface area contributed by atoms with Gasteiger partial charge < -0.3 is 24.8 Å². The van der Waals surface area contributed by atoms with E-state index in [-0.39, 0.29) is 5.91 Å². The molecule has 1 aliphatic rings. The Kier molecular flexibility index (Phi) is 7.08. The minimum absolute atomic E-state index is 0.0420. The molecule has 1 fully saturated rings. The predicted molar refractivity (Wildman–Crippen MR) is 125 cm³/mol. The van der Waals surface area contributed by atoms with Gasteiger partial charge in [0, 0.05) is 46.8 Å². The van der Waals surface area contributed by atoms with Crippen LogP contribution in [0.5, 0.6) is 5.75 Å². The fourth-order valence-electron chi connectivity index (χ4n) is 3.98. The first kappa shape index (κ1) is 21.8. The topological polar surface area (TPSA) is 48.1 Å². The monoisotopic (exact) mass is 410 g/mol. The number of carbonyl (C=O) groups excluding carboxylic acids is 1. The van der Waals surface area contributed by atoms with Gasteiger partial charge in [0.15, 0.2) is 0 Å². The Hall–Kier alpha value is -2.89. The van der Waals surface area contributed by atoms with Crippen molar-refractivity contribution in [3.63, 3.8) is 0 Å². The number of piperazine rings is 1. The molecule has 0 aromatic heterocycles. The lowest BCUT2D eigenvalue weighted by Crippen LogP contribution is -2.47. The SMILES string of the molecule is CCCNc1cc(C)cc(C(=O)N(C)C)c1N1CCN(c2ccccc2OC)CC1. The molecule has 0 unspecified atom stereocenters. The molecule has 1 saturated heterocycles. The number of anilines is 3. The number of methoxy groups -OCH3 is 1. The van der Waals surface area contributed by atoms with Crippen molar-refractivity contribution in [2.24, 2.45) is 0 Å². The Bertz CT molecular complexity index is 874. The minimum atomic E-state index is 0.0420. The van der Waals surface area contributed by atoms with Crippen LogP contribution in [0.1, 0.15) is 29.3 Å². The third kappa shape index (κ3) is 4.64. The van der Waals surface area contributed by atoms with E-state index in [0.717, 1.165) is 73.1 Å². The van der Waals surface area contributed by atoms with Crippen LogP contribution in [0.2, 0.25) is 0 Å². The summed E-state index contributed by atoms with van der Waals surface area (Å²) in [6.07, 6.45) is 1.03. The fraction of sp³-hybridized carbons (Fsp3) is 0.458. The number of ether oxygens (including phenoxy) is 1. The third-order valence-corrected chi connectivity index (χ3v) is 5.48. The van der Waals surface area contributed by atoms with E-state index in [4.69, 9.17) is 4.74 Å². The molecule has 0 aliphatic carbocycles. The maximum atomic E-state index is 13.0. The van der Waals surface area contributed by atoms with Crippen LogP contribution < -0.4 is 19.9 Å². The summed E-state index contributed by atoms with van der Waals surface area (Å²) in [5.74, 6) is 0.940. The summed E-state index contributed by atoms with van der Waals surface area (Å²) < 4.78 is 5.55. The molecule has 0 atom stereocenters. The second kappa shape index (κ2) is 9.74. The Labute approximate surface area is 180 Å². The van der Waals surface area contributed by atoms with Crippen LogP contribution in [0.15, 0.2) is 36.4 Å². The summed E-state index contributed by atoms with van der Waals surface area (Å²) in [5, 5.41) is 3.55. The highest BCUT2D eigenvalue weighted by Gasteiger charge is 2.26. The molecule has 6 nitrogen and oxygen atoms in total. The van der Waals surface area contributed by atoms with Crippen LogP contribution >= 0.6 is 0 Å². The quantitative estimate of drug-likeness (QED) is 0.751. The standard InChI is InChI=1S/C24H34N4O2/c1-6-11-25-20-17-18(2)16-19(24(29)26(3)4)23(20)28-14-12-27(13-15-28)21-9-7-8-10-22(21)30-5/h7-10,16-17,25H,6,11-15H2,1-5H3. The molecule has 2 aromatic carbocycles. The van der Waals surface area contributed by atoms with E-state index in [1.165, 1.54) is 0 Å². The predicted octanol–water partition coefficient (Wildman–Crippen LogP) is 3.85. The summed E-state index contributed by atoms with van der Waals surface area (Å²) >= 11 is 0. The van der Waals surface area contributed by atoms with Crippen LogP contribution in [0.3, 0.4) is 0 Å². The summed E-state index contributed by atoms with van der Waals surface area (Å²) in [7, 11) is 5.34. The first-order valence-electron chi connectivity index (χ1n) is 10.7. The fourth-order valence-corrected chi connectivity index (χ4v) is 3.98. The lowest BCUT2D eigenvalue weighted by molar-refractivity contribution is 0.0828. The van der Waals surface area contributed by atoms with Crippen molar-refractivity contribution in [2.45, 2.75) is 20.3 Å². The van der Waals surface area contributed by atoms with Gasteiger partial charge in [0.2, 0.25) is 0 Å². The Morgan fingerprint density at radius 2 is 1.77 bits per heavy atom. The summed E-state index contributed by atoms with van der Waals surface area (Å²) in [5.41, 5.74) is 5.05. The molecular formula is C24H34N4O2. The first-order chi connectivity index (χ1) is 14.5. The van der Waals surface area contributed by atoms with Gasteiger partial charge >= 0.3 is 0 Å². The van der Waals surface area contributed by atoms with E-state index in [1.54, 1.807) is 12.0 Å². The summed E-state index contributed by atoms with van der Waals surface area (Å²) in [6, 6.07) is 12.3. The average molecular weight is 411 g/mol. The third-order valence-electron chi connectivity index (χ3n) is 5.48. The molecule has 1 aliphatic heterocycles. The number of benzene rings is 2. The van der Waals surface area contributed by atoms with Crippen molar-refractivity contribution in [3.8, 4) is 5.75 Å². The van der Waals surface area contributed by atoms with Crippen LogP contribution in [0, 0.1) is 6.92 Å². The second-order valence-corrected chi connectivity index (χ2v) is 7.98. The van der Waals surface area contributed by atoms with Crippen molar-refractivity contribution < 1.29 is 9.53 Å². The van der Waals surface area contributed by atoms with Crippen LogP contribution in [-0.2, 0) is 0 Å². The second-order valence-electron chi connectivity index (χ2n) is 7.98. The van der Waals surface area contributed by atoms with Crippen molar-refractivity contribution in [2.75, 3.05) is 69.0 Å². The molecule has 3 rings (SSSR count).